The molecule has 0 saturated heterocycles. The van der Waals surface area contributed by atoms with Crippen LogP contribution in [-0.2, 0) is 38.1 Å². The lowest BCUT2D eigenvalue weighted by atomic mass is 9.83. The third-order valence-corrected chi connectivity index (χ3v) is 7.99. The number of ether oxygens (including phenoxy) is 6. The highest BCUT2D eigenvalue weighted by molar-refractivity contribution is 5.89. The molecule has 0 radical (unpaired) electrons. The number of aliphatic hydroxyl groups is 1. The monoisotopic (exact) mass is 688 g/mol. The molecule has 0 bridgehead atoms. The van der Waals surface area contributed by atoms with Gasteiger partial charge in [0.15, 0.2) is 12.9 Å². The van der Waals surface area contributed by atoms with E-state index in [0.29, 0.717) is 31.0 Å². The average molecular weight is 689 g/mol. The number of nitrogens with one attached hydrogen (secondary N) is 1. The van der Waals surface area contributed by atoms with Crippen molar-refractivity contribution in [3.63, 3.8) is 0 Å². The highest BCUT2D eigenvalue weighted by atomic mass is 16.6. The lowest BCUT2D eigenvalue weighted by molar-refractivity contribution is -0.147. The molecule has 1 aliphatic carbocycles. The molecule has 4 unspecified atom stereocenters. The van der Waals surface area contributed by atoms with Gasteiger partial charge in [0, 0.05) is 50.3 Å². The first kappa shape index (κ1) is 38.9. The highest BCUT2D eigenvalue weighted by Gasteiger charge is 2.47. The molecule has 2 amide bonds. The molecule has 2 aromatic carbocycles. The second-order valence-electron chi connectivity index (χ2n) is 11.4. The largest absolute Gasteiger partial charge is 0.508 e. The molecule has 0 aromatic heterocycles. The summed E-state index contributed by atoms with van der Waals surface area (Å²) >= 11 is 0. The van der Waals surface area contributed by atoms with Gasteiger partial charge in [0.05, 0.1) is 51.1 Å². The Labute approximate surface area is 286 Å². The maximum absolute atomic E-state index is 12.3. The smallest absolute Gasteiger partial charge is 0.337 e. The number of hydrogen-bond donors (Lipinski definition) is 5. The highest BCUT2D eigenvalue weighted by Crippen LogP contribution is 2.46. The predicted molar refractivity (Wildman–Crippen MR) is 179 cm³/mol. The molecule has 2 aliphatic rings. The molecule has 4 rings (SSSR count). The van der Waals surface area contributed by atoms with Crippen LogP contribution >= 0.6 is 0 Å². The van der Waals surface area contributed by atoms with Crippen molar-refractivity contribution < 1.29 is 53.0 Å². The summed E-state index contributed by atoms with van der Waals surface area (Å²) in [5, 5.41) is 22.4. The van der Waals surface area contributed by atoms with Gasteiger partial charge in [-0.3, -0.25) is 9.59 Å². The van der Waals surface area contributed by atoms with Gasteiger partial charge < -0.3 is 60.3 Å². The topological polar surface area (TPSA) is 214 Å². The van der Waals surface area contributed by atoms with Crippen molar-refractivity contribution in [2.24, 2.45) is 17.8 Å². The SMILES string of the molecule is COC(=O)C1=COC(O)C2C(COCCN(C)C(=O)COCCOCCNC(=O)COc3cc(O)ccc3N)CCC12.Nc1ccccc1. The van der Waals surface area contributed by atoms with Crippen molar-refractivity contribution >= 4 is 29.2 Å². The minimum absolute atomic E-state index is 0.0144. The number of anilines is 2. The lowest BCUT2D eigenvalue weighted by Crippen LogP contribution is -2.38. The number of phenolic OH excluding ortho intramolecular Hbond substituents is 1. The van der Waals surface area contributed by atoms with Gasteiger partial charge in [0.1, 0.15) is 18.1 Å². The van der Waals surface area contributed by atoms with Gasteiger partial charge in [-0.05, 0) is 43.0 Å². The number of likely N-dealkylation sites (N-methyl/N-ethyl adjacent to an activating group) is 1. The number of nitrogens with two attached hydrogens (primary N) is 2. The average Bonchev–Trinajstić information content (AvgIpc) is 3.53. The Morgan fingerprint density at radius 2 is 1.73 bits per heavy atom. The number of fused-ring (bicyclic) bond motifs is 1. The van der Waals surface area contributed by atoms with Crippen LogP contribution in [0.5, 0.6) is 11.5 Å². The molecule has 15 heteroatoms. The number of aromatic hydroxyl groups is 1. The molecule has 1 aliphatic heterocycles. The van der Waals surface area contributed by atoms with Crippen molar-refractivity contribution in [2.75, 3.05) is 85.0 Å². The molecule has 0 spiro atoms. The van der Waals surface area contributed by atoms with Gasteiger partial charge in [-0.2, -0.15) is 0 Å². The number of para-hydroxylation sites is 1. The summed E-state index contributed by atoms with van der Waals surface area (Å²) in [6, 6.07) is 13.7. The van der Waals surface area contributed by atoms with E-state index in [9.17, 15) is 24.6 Å². The number of phenols is 1. The molecular formula is C34H48N4O11. The van der Waals surface area contributed by atoms with Crippen LogP contribution in [0, 0.1) is 17.8 Å². The van der Waals surface area contributed by atoms with Crippen LogP contribution in [0.1, 0.15) is 12.8 Å². The van der Waals surface area contributed by atoms with Crippen LogP contribution in [0.3, 0.4) is 0 Å². The minimum atomic E-state index is -1.000. The molecule has 1 heterocycles. The zero-order valence-corrected chi connectivity index (χ0v) is 28.0. The first-order valence-corrected chi connectivity index (χ1v) is 16.0. The second kappa shape index (κ2) is 20.7. The Balaban J connectivity index is 0.000000823. The first-order chi connectivity index (χ1) is 23.6. The van der Waals surface area contributed by atoms with E-state index in [4.69, 9.17) is 39.9 Å². The Kier molecular flexibility index (Phi) is 16.4. The molecule has 270 valence electrons. The van der Waals surface area contributed by atoms with Gasteiger partial charge in [0.25, 0.3) is 5.91 Å². The molecular weight excluding hydrogens is 640 g/mol. The number of hydrogen-bond acceptors (Lipinski definition) is 13. The maximum Gasteiger partial charge on any atom is 0.337 e. The maximum atomic E-state index is 12.3. The Hall–Kier alpha value is -4.57. The van der Waals surface area contributed by atoms with Crippen molar-refractivity contribution in [2.45, 2.75) is 19.1 Å². The van der Waals surface area contributed by atoms with E-state index in [1.54, 1.807) is 7.05 Å². The van der Waals surface area contributed by atoms with Crippen LogP contribution in [0.4, 0.5) is 11.4 Å². The molecule has 7 N–H and O–H groups in total. The number of esters is 1. The lowest BCUT2D eigenvalue weighted by Gasteiger charge is -2.33. The van der Waals surface area contributed by atoms with Gasteiger partial charge >= 0.3 is 5.97 Å². The summed E-state index contributed by atoms with van der Waals surface area (Å²) < 4.78 is 31.9. The zero-order chi connectivity index (χ0) is 35.6. The van der Waals surface area contributed by atoms with Crippen molar-refractivity contribution in [1.82, 2.24) is 10.2 Å². The van der Waals surface area contributed by atoms with Gasteiger partial charge in [-0.25, -0.2) is 4.79 Å². The minimum Gasteiger partial charge on any atom is -0.508 e. The number of rotatable bonds is 17. The number of benzene rings is 2. The fraction of sp³-hybridized carbons (Fsp3) is 0.500. The summed E-state index contributed by atoms with van der Waals surface area (Å²) in [4.78, 5) is 37.7. The summed E-state index contributed by atoms with van der Waals surface area (Å²) in [6.45, 7) is 1.67. The van der Waals surface area contributed by atoms with Gasteiger partial charge in [-0.15, -0.1) is 0 Å². The Morgan fingerprint density at radius 1 is 0.980 bits per heavy atom. The van der Waals surface area contributed by atoms with Gasteiger partial charge in [-0.1, -0.05) is 18.2 Å². The second-order valence-corrected chi connectivity index (χ2v) is 11.4. The zero-order valence-electron chi connectivity index (χ0n) is 28.0. The van der Waals surface area contributed by atoms with E-state index in [1.807, 2.05) is 30.3 Å². The number of aliphatic hydroxyl groups excluding tert-OH is 1. The number of methoxy groups -OCH3 is 1. The van der Waals surface area contributed by atoms with E-state index in [-0.39, 0.29) is 80.6 Å². The van der Waals surface area contributed by atoms with Gasteiger partial charge in [0.2, 0.25) is 5.91 Å². The van der Waals surface area contributed by atoms with E-state index in [0.717, 1.165) is 18.5 Å². The number of nitrogen functional groups attached to an aromatic ring is 2. The predicted octanol–water partition coefficient (Wildman–Crippen LogP) is 1.29. The number of carbonyl (C=O) groups excluding carboxylic acids is 3. The summed E-state index contributed by atoms with van der Waals surface area (Å²) in [6.07, 6.45) is 1.82. The van der Waals surface area contributed by atoms with Crippen LogP contribution in [-0.4, -0.2) is 113 Å². The van der Waals surface area contributed by atoms with E-state index < -0.39 is 12.3 Å². The Bertz CT molecular complexity index is 1360. The fourth-order valence-electron chi connectivity index (χ4n) is 5.34. The fourth-order valence-corrected chi connectivity index (χ4v) is 5.34. The molecule has 15 nitrogen and oxygen atoms in total. The van der Waals surface area contributed by atoms with E-state index in [2.05, 4.69) is 5.32 Å². The summed E-state index contributed by atoms with van der Waals surface area (Å²) in [7, 11) is 2.97. The van der Waals surface area contributed by atoms with Crippen LogP contribution in [0.2, 0.25) is 0 Å². The quantitative estimate of drug-likeness (QED) is 0.0687. The van der Waals surface area contributed by atoms with Crippen LogP contribution in [0.25, 0.3) is 0 Å². The molecule has 1 saturated carbocycles. The van der Waals surface area contributed by atoms with Crippen molar-refractivity contribution in [3.8, 4) is 11.5 Å². The third-order valence-electron chi connectivity index (χ3n) is 7.99. The normalized spacial score (nSPS) is 19.3. The summed E-state index contributed by atoms with van der Waals surface area (Å²) in [5.41, 5.74) is 12.7. The standard InChI is InChI=1S/C28H41N3O11.C6H7N/c1-31(8-10-39-14-18-3-5-20-21(27(35)37-2)15-42-28(36)26(18)20)25(34)17-40-12-11-38-9-7-30-24(33)16-41-23-13-19(32)4-6-22(23)29;7-6-4-2-1-3-5-6/h4,6,13,15,18,20,26,28,32,36H,3,5,7-12,14,16-17,29H2,1-2H3,(H,30,33);1-5H,7H2. The van der Waals surface area contributed by atoms with E-state index in [1.165, 1.54) is 36.5 Å². The van der Waals surface area contributed by atoms with Crippen LogP contribution < -0.4 is 21.5 Å². The number of amides is 2. The summed E-state index contributed by atoms with van der Waals surface area (Å²) in [5.74, 6) is -1.17. The third kappa shape index (κ3) is 13.1. The first-order valence-electron chi connectivity index (χ1n) is 16.0. The molecule has 4 atom stereocenters. The number of nitrogens with zero attached hydrogens (tertiary/aromatic N) is 1. The molecule has 1 fully saturated rings. The van der Waals surface area contributed by atoms with Crippen LogP contribution in [0.15, 0.2) is 60.4 Å². The molecule has 49 heavy (non-hydrogen) atoms. The van der Waals surface area contributed by atoms with Crippen molar-refractivity contribution in [3.05, 3.63) is 60.4 Å². The molecule has 2 aromatic rings. The van der Waals surface area contributed by atoms with E-state index >= 15 is 0 Å². The van der Waals surface area contributed by atoms with Crippen molar-refractivity contribution in [1.29, 1.82) is 0 Å². The number of carbonyl (C=O) groups is 3. The Morgan fingerprint density at radius 3 is 2.45 bits per heavy atom.